The van der Waals surface area contributed by atoms with E-state index in [1.165, 1.54) is 18.2 Å². The summed E-state index contributed by atoms with van der Waals surface area (Å²) in [7, 11) is 0. The summed E-state index contributed by atoms with van der Waals surface area (Å²) in [5, 5.41) is 8.81. The fraction of sp³-hybridized carbons (Fsp3) is 0.333. The van der Waals surface area contributed by atoms with Crippen LogP contribution in [0.15, 0.2) is 24.3 Å². The minimum atomic E-state index is -1.03. The predicted molar refractivity (Wildman–Crippen MR) is 60.9 cm³/mol. The summed E-state index contributed by atoms with van der Waals surface area (Å²) in [6, 6.07) is 5.14. The van der Waals surface area contributed by atoms with Crippen LogP contribution < -0.4 is 4.90 Å². The zero-order valence-corrected chi connectivity index (χ0v) is 9.51. The first-order valence-electron chi connectivity index (χ1n) is 5.52. The number of para-hydroxylation sites is 1. The molecule has 1 aliphatic rings. The van der Waals surface area contributed by atoms with Crippen LogP contribution in [0.2, 0.25) is 0 Å². The molecule has 96 valence electrons. The van der Waals surface area contributed by atoms with Gasteiger partial charge in [0.05, 0.1) is 24.8 Å². The predicted octanol–water partition coefficient (Wildman–Crippen LogP) is 2.02. The number of nitrogens with zero attached hydrogens (tertiary/aromatic N) is 1. The van der Waals surface area contributed by atoms with Crippen LogP contribution in [0, 0.1) is 5.82 Å². The molecule has 1 saturated heterocycles. The van der Waals surface area contributed by atoms with E-state index in [0.717, 1.165) is 4.90 Å². The molecule has 1 amide bonds. The molecule has 5 nitrogen and oxygen atoms in total. The zero-order valence-electron chi connectivity index (χ0n) is 9.51. The molecule has 0 bridgehead atoms. The molecule has 1 heterocycles. The zero-order chi connectivity index (χ0) is 13.1. The lowest BCUT2D eigenvalue weighted by Gasteiger charge is -2.34. The lowest BCUT2D eigenvalue weighted by molar-refractivity contribution is -0.137. The van der Waals surface area contributed by atoms with Crippen LogP contribution in [-0.2, 0) is 9.53 Å². The first-order chi connectivity index (χ1) is 8.59. The Morgan fingerprint density at radius 2 is 2.22 bits per heavy atom. The molecule has 18 heavy (non-hydrogen) atoms. The Morgan fingerprint density at radius 3 is 2.89 bits per heavy atom. The minimum Gasteiger partial charge on any atom is -0.481 e. The molecule has 2 rings (SSSR count). The molecule has 1 unspecified atom stereocenters. The molecule has 0 spiro atoms. The van der Waals surface area contributed by atoms with E-state index in [9.17, 15) is 14.0 Å². The maximum atomic E-state index is 13.7. The number of cyclic esters (lactones) is 1. The van der Waals surface area contributed by atoms with Gasteiger partial charge >= 0.3 is 12.1 Å². The number of amides is 1. The fourth-order valence-corrected chi connectivity index (χ4v) is 1.97. The highest BCUT2D eigenvalue weighted by atomic mass is 19.1. The van der Waals surface area contributed by atoms with Gasteiger partial charge in [-0.1, -0.05) is 12.1 Å². The fourth-order valence-electron chi connectivity index (χ4n) is 1.97. The van der Waals surface area contributed by atoms with Crippen molar-refractivity contribution < 1.29 is 23.8 Å². The molecule has 0 aliphatic carbocycles. The molecule has 0 radical (unpaired) electrons. The van der Waals surface area contributed by atoms with Gasteiger partial charge in [0.1, 0.15) is 5.82 Å². The third kappa shape index (κ3) is 2.42. The Morgan fingerprint density at radius 1 is 1.50 bits per heavy atom. The van der Waals surface area contributed by atoms with Crippen LogP contribution in [0.5, 0.6) is 0 Å². The summed E-state index contributed by atoms with van der Waals surface area (Å²) in [5.41, 5.74) is 0.0495. The van der Waals surface area contributed by atoms with Gasteiger partial charge in [-0.05, 0) is 12.1 Å². The molecular weight excluding hydrogens is 241 g/mol. The van der Waals surface area contributed by atoms with Gasteiger partial charge in [0.25, 0.3) is 0 Å². The first-order valence-corrected chi connectivity index (χ1v) is 5.52. The second-order valence-electron chi connectivity index (χ2n) is 3.98. The minimum absolute atomic E-state index is 0.0495. The number of benzene rings is 1. The first kappa shape index (κ1) is 12.3. The van der Waals surface area contributed by atoms with Crippen molar-refractivity contribution in [3.8, 4) is 0 Å². The Balaban J connectivity index is 2.33. The highest BCUT2D eigenvalue weighted by Gasteiger charge is 2.33. The van der Waals surface area contributed by atoms with E-state index in [1.54, 1.807) is 6.07 Å². The second-order valence-corrected chi connectivity index (χ2v) is 3.98. The van der Waals surface area contributed by atoms with Gasteiger partial charge in [0.15, 0.2) is 0 Å². The summed E-state index contributed by atoms with van der Waals surface area (Å²) < 4.78 is 18.5. The van der Waals surface area contributed by atoms with Crippen molar-refractivity contribution in [2.75, 3.05) is 11.5 Å². The van der Waals surface area contributed by atoms with E-state index in [1.807, 2.05) is 0 Å². The van der Waals surface area contributed by atoms with E-state index >= 15 is 0 Å². The number of carboxylic acid groups (broad SMARTS) is 1. The van der Waals surface area contributed by atoms with Crippen LogP contribution in [0.4, 0.5) is 14.9 Å². The van der Waals surface area contributed by atoms with Crippen molar-refractivity contribution in [1.82, 2.24) is 0 Å². The molecule has 1 aromatic carbocycles. The van der Waals surface area contributed by atoms with E-state index < -0.39 is 23.9 Å². The number of aliphatic carboxylic acids is 1. The SMILES string of the molecule is O=C(O)CC1CCOC(=O)N1c1ccccc1F. The molecular formula is C12H12FNO4. The van der Waals surface area contributed by atoms with Gasteiger partial charge < -0.3 is 9.84 Å². The number of rotatable bonds is 3. The number of hydrogen-bond acceptors (Lipinski definition) is 3. The highest BCUT2D eigenvalue weighted by molar-refractivity contribution is 5.90. The quantitative estimate of drug-likeness (QED) is 0.894. The van der Waals surface area contributed by atoms with Gasteiger partial charge in [-0.3, -0.25) is 9.69 Å². The largest absolute Gasteiger partial charge is 0.481 e. The van der Waals surface area contributed by atoms with Gasteiger partial charge in [-0.25, -0.2) is 9.18 Å². The Bertz CT molecular complexity index is 477. The second kappa shape index (κ2) is 5.03. The number of halogens is 1. The maximum absolute atomic E-state index is 13.7. The topological polar surface area (TPSA) is 66.8 Å². The Hall–Kier alpha value is -2.11. The molecule has 1 aromatic rings. The van der Waals surface area contributed by atoms with Crippen molar-refractivity contribution >= 4 is 17.7 Å². The summed E-state index contributed by atoms with van der Waals surface area (Å²) in [6.45, 7) is 0.154. The van der Waals surface area contributed by atoms with Crippen molar-refractivity contribution in [2.24, 2.45) is 0 Å². The van der Waals surface area contributed by atoms with Crippen molar-refractivity contribution in [3.63, 3.8) is 0 Å². The third-order valence-electron chi connectivity index (χ3n) is 2.76. The lowest BCUT2D eigenvalue weighted by atomic mass is 10.1. The third-order valence-corrected chi connectivity index (χ3v) is 2.76. The smallest absolute Gasteiger partial charge is 0.414 e. The van der Waals surface area contributed by atoms with Crippen LogP contribution in [-0.4, -0.2) is 29.8 Å². The van der Waals surface area contributed by atoms with E-state index in [0.29, 0.717) is 6.42 Å². The van der Waals surface area contributed by atoms with Crippen LogP contribution in [0.25, 0.3) is 0 Å². The van der Waals surface area contributed by atoms with Crippen molar-refractivity contribution in [1.29, 1.82) is 0 Å². The van der Waals surface area contributed by atoms with Crippen molar-refractivity contribution in [2.45, 2.75) is 18.9 Å². The van der Waals surface area contributed by atoms with Crippen molar-refractivity contribution in [3.05, 3.63) is 30.1 Å². The monoisotopic (exact) mass is 253 g/mol. The highest BCUT2D eigenvalue weighted by Crippen LogP contribution is 2.27. The van der Waals surface area contributed by atoms with Crippen LogP contribution in [0.3, 0.4) is 0 Å². The van der Waals surface area contributed by atoms with Gasteiger partial charge in [0.2, 0.25) is 0 Å². The summed E-state index contributed by atoms with van der Waals surface area (Å²) in [4.78, 5) is 23.5. The van der Waals surface area contributed by atoms with Crippen LogP contribution in [0.1, 0.15) is 12.8 Å². The number of carboxylic acids is 1. The molecule has 0 aromatic heterocycles. The summed E-state index contributed by atoms with van der Waals surface area (Å²) in [6.07, 6.45) is -0.576. The Kier molecular flexibility index (Phi) is 3.45. The average molecular weight is 253 g/mol. The standard InChI is InChI=1S/C12H12FNO4/c13-9-3-1-2-4-10(9)14-8(7-11(15)16)5-6-18-12(14)17/h1-4,8H,5-7H2,(H,15,16). The number of hydrogen-bond donors (Lipinski definition) is 1. The lowest BCUT2D eigenvalue weighted by Crippen LogP contribution is -2.47. The van der Waals surface area contributed by atoms with Gasteiger partial charge in [0, 0.05) is 6.42 Å². The normalized spacial score (nSPS) is 19.5. The summed E-state index contributed by atoms with van der Waals surface area (Å²) >= 11 is 0. The van der Waals surface area contributed by atoms with Gasteiger partial charge in [-0.2, -0.15) is 0 Å². The molecule has 6 heteroatoms. The molecule has 1 aliphatic heterocycles. The number of anilines is 1. The molecule has 1 fully saturated rings. The van der Waals surface area contributed by atoms with E-state index in [4.69, 9.17) is 9.84 Å². The van der Waals surface area contributed by atoms with Gasteiger partial charge in [-0.15, -0.1) is 0 Å². The molecule has 1 atom stereocenters. The van der Waals surface area contributed by atoms with E-state index in [2.05, 4.69) is 0 Å². The number of carbonyl (C=O) groups is 2. The van der Waals surface area contributed by atoms with E-state index in [-0.39, 0.29) is 18.7 Å². The average Bonchev–Trinajstić information content (AvgIpc) is 2.30. The number of carbonyl (C=O) groups excluding carboxylic acids is 1. The number of ether oxygens (including phenoxy) is 1. The Labute approximate surface area is 103 Å². The molecule has 0 saturated carbocycles. The maximum Gasteiger partial charge on any atom is 0.414 e. The molecule has 1 N–H and O–H groups in total. The van der Waals surface area contributed by atoms with Crippen LogP contribution >= 0.6 is 0 Å². The summed E-state index contributed by atoms with van der Waals surface area (Å²) in [5.74, 6) is -1.61.